The van der Waals surface area contributed by atoms with Crippen LogP contribution in [-0.2, 0) is 13.0 Å². The molecular weight excluding hydrogens is 292 g/mol. The van der Waals surface area contributed by atoms with E-state index in [-0.39, 0.29) is 0 Å². The normalized spacial score (nSPS) is 15.5. The summed E-state index contributed by atoms with van der Waals surface area (Å²) in [5.41, 5.74) is 2.36. The highest BCUT2D eigenvalue weighted by Crippen LogP contribution is 2.26. The van der Waals surface area contributed by atoms with Crippen LogP contribution in [0.15, 0.2) is 23.6 Å². The number of nitrogens with zero attached hydrogens (tertiary/aromatic N) is 2. The van der Waals surface area contributed by atoms with Gasteiger partial charge in [0.25, 0.3) is 0 Å². The minimum absolute atomic E-state index is 0.727. The van der Waals surface area contributed by atoms with Gasteiger partial charge in [-0.2, -0.15) is 0 Å². The lowest BCUT2D eigenvalue weighted by molar-refractivity contribution is 0.227. The standard InChI is InChI=1S/C15H17ClN2OS/c1-11-17-14(10-20-11)4-5-18-6-7-19-15-3-2-13(16)8-12(15)9-18/h2-3,8,10H,4-7,9H2,1H3. The van der Waals surface area contributed by atoms with Gasteiger partial charge in [-0.1, -0.05) is 11.6 Å². The lowest BCUT2D eigenvalue weighted by Crippen LogP contribution is -2.28. The summed E-state index contributed by atoms with van der Waals surface area (Å²) in [6.45, 7) is 5.60. The summed E-state index contributed by atoms with van der Waals surface area (Å²) >= 11 is 7.78. The topological polar surface area (TPSA) is 25.4 Å². The smallest absolute Gasteiger partial charge is 0.123 e. The number of ether oxygens (including phenoxy) is 1. The highest BCUT2D eigenvalue weighted by molar-refractivity contribution is 7.09. The summed E-state index contributed by atoms with van der Waals surface area (Å²) < 4.78 is 5.78. The Bertz CT molecular complexity index is 599. The molecule has 20 heavy (non-hydrogen) atoms. The minimum Gasteiger partial charge on any atom is -0.492 e. The van der Waals surface area contributed by atoms with Gasteiger partial charge in [0.15, 0.2) is 0 Å². The molecule has 3 rings (SSSR count). The van der Waals surface area contributed by atoms with Crippen LogP contribution in [0.2, 0.25) is 5.02 Å². The van der Waals surface area contributed by atoms with Gasteiger partial charge in [-0.3, -0.25) is 4.90 Å². The van der Waals surface area contributed by atoms with E-state index in [1.807, 2.05) is 25.1 Å². The van der Waals surface area contributed by atoms with Crippen LogP contribution in [0.5, 0.6) is 5.75 Å². The molecule has 0 saturated carbocycles. The molecule has 3 nitrogen and oxygen atoms in total. The van der Waals surface area contributed by atoms with Gasteiger partial charge in [-0.05, 0) is 25.1 Å². The molecule has 5 heteroatoms. The molecule has 1 aromatic heterocycles. The Hall–Kier alpha value is -1.10. The second-order valence-corrected chi connectivity index (χ2v) is 6.48. The monoisotopic (exact) mass is 308 g/mol. The number of rotatable bonds is 3. The van der Waals surface area contributed by atoms with Crippen LogP contribution in [0.3, 0.4) is 0 Å². The molecule has 0 bridgehead atoms. The first-order valence-corrected chi connectivity index (χ1v) is 8.01. The molecule has 106 valence electrons. The van der Waals surface area contributed by atoms with Crippen LogP contribution in [0.4, 0.5) is 0 Å². The van der Waals surface area contributed by atoms with E-state index in [9.17, 15) is 0 Å². The molecule has 1 aromatic carbocycles. The number of aromatic nitrogens is 1. The number of hydrogen-bond donors (Lipinski definition) is 0. The molecule has 0 spiro atoms. The summed E-state index contributed by atoms with van der Waals surface area (Å²) in [7, 11) is 0. The van der Waals surface area contributed by atoms with Crippen molar-refractivity contribution in [1.82, 2.24) is 9.88 Å². The zero-order valence-electron chi connectivity index (χ0n) is 11.4. The number of aryl methyl sites for hydroxylation is 1. The Labute approximate surface area is 128 Å². The fraction of sp³-hybridized carbons (Fsp3) is 0.400. The number of fused-ring (bicyclic) bond motifs is 1. The lowest BCUT2D eigenvalue weighted by Gasteiger charge is -2.18. The predicted molar refractivity (Wildman–Crippen MR) is 82.8 cm³/mol. The predicted octanol–water partition coefficient (Wildman–Crippen LogP) is 3.54. The highest BCUT2D eigenvalue weighted by atomic mass is 35.5. The van der Waals surface area contributed by atoms with Crippen molar-refractivity contribution in [2.24, 2.45) is 0 Å². The zero-order chi connectivity index (χ0) is 13.9. The first-order valence-electron chi connectivity index (χ1n) is 6.75. The van der Waals surface area contributed by atoms with Gasteiger partial charge in [0.05, 0.1) is 10.7 Å². The minimum atomic E-state index is 0.727. The average Bonchev–Trinajstić information content (AvgIpc) is 2.73. The van der Waals surface area contributed by atoms with Crippen LogP contribution in [-0.4, -0.2) is 29.6 Å². The molecule has 0 unspecified atom stereocenters. The van der Waals surface area contributed by atoms with Gasteiger partial charge in [0, 0.05) is 42.0 Å². The van der Waals surface area contributed by atoms with Gasteiger partial charge >= 0.3 is 0 Å². The molecule has 0 radical (unpaired) electrons. The largest absolute Gasteiger partial charge is 0.492 e. The Kier molecular flexibility index (Phi) is 4.24. The quantitative estimate of drug-likeness (QED) is 0.867. The number of thiazole rings is 1. The highest BCUT2D eigenvalue weighted by Gasteiger charge is 2.15. The molecular formula is C15H17ClN2OS. The fourth-order valence-corrected chi connectivity index (χ4v) is 3.25. The van der Waals surface area contributed by atoms with E-state index >= 15 is 0 Å². The van der Waals surface area contributed by atoms with E-state index in [0.29, 0.717) is 0 Å². The molecule has 0 saturated heterocycles. The first-order chi connectivity index (χ1) is 9.70. The van der Waals surface area contributed by atoms with Gasteiger partial charge in [0.2, 0.25) is 0 Å². The van der Waals surface area contributed by atoms with E-state index < -0.39 is 0 Å². The maximum atomic E-state index is 6.07. The molecule has 0 amide bonds. The summed E-state index contributed by atoms with van der Waals surface area (Å²) in [5.74, 6) is 0.960. The van der Waals surface area contributed by atoms with Crippen molar-refractivity contribution in [2.45, 2.75) is 19.9 Å². The average molecular weight is 309 g/mol. The van der Waals surface area contributed by atoms with Gasteiger partial charge in [0.1, 0.15) is 12.4 Å². The van der Waals surface area contributed by atoms with E-state index in [1.165, 1.54) is 11.3 Å². The van der Waals surface area contributed by atoms with Gasteiger partial charge in [-0.15, -0.1) is 11.3 Å². The first kappa shape index (κ1) is 13.9. The third-order valence-electron chi connectivity index (χ3n) is 3.43. The van der Waals surface area contributed by atoms with Crippen LogP contribution >= 0.6 is 22.9 Å². The SMILES string of the molecule is Cc1nc(CCN2CCOc3ccc(Cl)cc3C2)cs1. The van der Waals surface area contributed by atoms with Crippen LogP contribution in [0, 0.1) is 6.92 Å². The second-order valence-electron chi connectivity index (χ2n) is 4.98. The fourth-order valence-electron chi connectivity index (χ4n) is 2.40. The van der Waals surface area contributed by atoms with Gasteiger partial charge < -0.3 is 4.74 Å². The molecule has 0 atom stereocenters. The summed E-state index contributed by atoms with van der Waals surface area (Å²) in [6, 6.07) is 5.85. The molecule has 1 aliphatic heterocycles. The maximum absolute atomic E-state index is 6.07. The number of halogens is 1. The van der Waals surface area contributed by atoms with Crippen LogP contribution < -0.4 is 4.74 Å². The van der Waals surface area contributed by atoms with Crippen molar-refractivity contribution in [3.63, 3.8) is 0 Å². The van der Waals surface area contributed by atoms with Gasteiger partial charge in [-0.25, -0.2) is 4.98 Å². The Balaban J connectivity index is 1.66. The second kappa shape index (κ2) is 6.12. The molecule has 2 aromatic rings. The summed E-state index contributed by atoms with van der Waals surface area (Å²) in [6.07, 6.45) is 0.986. The van der Waals surface area contributed by atoms with E-state index in [4.69, 9.17) is 16.3 Å². The van der Waals surface area contributed by atoms with E-state index in [2.05, 4.69) is 15.3 Å². The van der Waals surface area contributed by atoms with Crippen molar-refractivity contribution in [3.8, 4) is 5.75 Å². The Morgan fingerprint density at radius 1 is 1.45 bits per heavy atom. The molecule has 1 aliphatic rings. The number of benzene rings is 1. The summed E-state index contributed by atoms with van der Waals surface area (Å²) in [4.78, 5) is 6.92. The van der Waals surface area contributed by atoms with Crippen molar-refractivity contribution in [1.29, 1.82) is 0 Å². The van der Waals surface area contributed by atoms with Crippen LogP contribution in [0.25, 0.3) is 0 Å². The third-order valence-corrected chi connectivity index (χ3v) is 4.49. The molecule has 2 heterocycles. The van der Waals surface area contributed by atoms with Crippen molar-refractivity contribution < 1.29 is 4.74 Å². The van der Waals surface area contributed by atoms with E-state index in [0.717, 1.165) is 48.4 Å². The molecule has 0 aliphatic carbocycles. The van der Waals surface area contributed by atoms with Crippen molar-refractivity contribution in [3.05, 3.63) is 44.9 Å². The Morgan fingerprint density at radius 2 is 2.35 bits per heavy atom. The zero-order valence-corrected chi connectivity index (χ0v) is 13.0. The van der Waals surface area contributed by atoms with Crippen molar-refractivity contribution >= 4 is 22.9 Å². The number of hydrogen-bond acceptors (Lipinski definition) is 4. The third kappa shape index (κ3) is 3.32. The van der Waals surface area contributed by atoms with Crippen LogP contribution in [0.1, 0.15) is 16.3 Å². The lowest BCUT2D eigenvalue weighted by atomic mass is 10.2. The van der Waals surface area contributed by atoms with E-state index in [1.54, 1.807) is 11.3 Å². The summed E-state index contributed by atoms with van der Waals surface area (Å²) in [5, 5.41) is 4.05. The molecule has 0 N–H and O–H groups in total. The molecule has 0 fully saturated rings. The maximum Gasteiger partial charge on any atom is 0.123 e. The Morgan fingerprint density at radius 3 is 3.15 bits per heavy atom. The van der Waals surface area contributed by atoms with Crippen molar-refractivity contribution in [2.75, 3.05) is 19.7 Å².